The number of nitrogens with zero attached hydrogens (tertiary/aromatic N) is 1. The number of ether oxygens (including phenoxy) is 1. The highest BCUT2D eigenvalue weighted by Gasteiger charge is 2.42. The van der Waals surface area contributed by atoms with Crippen LogP contribution in [-0.4, -0.2) is 34.0 Å². The van der Waals surface area contributed by atoms with Crippen LogP contribution in [0.15, 0.2) is 48.5 Å². The summed E-state index contributed by atoms with van der Waals surface area (Å²) in [4.78, 5) is 38.4. The number of thioether (sulfide) groups is 1. The topological polar surface area (TPSA) is 95.9 Å². The summed E-state index contributed by atoms with van der Waals surface area (Å²) in [5.41, 5.74) is 0.619. The lowest BCUT2D eigenvalue weighted by Gasteiger charge is -2.17. The van der Waals surface area contributed by atoms with E-state index in [9.17, 15) is 19.5 Å². The van der Waals surface area contributed by atoms with Crippen LogP contribution >= 0.6 is 11.8 Å². The standard InChI is InChI=1S/C19H18N2O5S/c1-2-26-15-10-6-4-8-13(15)21-18(24)16(27-19(21)25)11-17(23)20-12-7-3-5-9-14(12)22/h3-10,16,22H,2,11H2,1H3,(H,20,23). The number of phenols is 1. The van der Waals surface area contributed by atoms with Crippen molar-refractivity contribution in [3.8, 4) is 11.5 Å². The predicted molar refractivity (Wildman–Crippen MR) is 103 cm³/mol. The minimum atomic E-state index is -0.835. The summed E-state index contributed by atoms with van der Waals surface area (Å²) in [6.07, 6.45) is -0.184. The zero-order valence-electron chi connectivity index (χ0n) is 14.5. The molecule has 1 unspecified atom stereocenters. The molecule has 0 radical (unpaired) electrons. The molecule has 1 atom stereocenters. The Morgan fingerprint density at radius 3 is 2.63 bits per heavy atom. The van der Waals surface area contributed by atoms with Crippen molar-refractivity contribution >= 4 is 40.2 Å². The Hall–Kier alpha value is -3.00. The summed E-state index contributed by atoms with van der Waals surface area (Å²) in [6.45, 7) is 2.21. The lowest BCUT2D eigenvalue weighted by Crippen LogP contribution is -2.33. The number of carbonyl (C=O) groups excluding carboxylic acids is 3. The van der Waals surface area contributed by atoms with Crippen molar-refractivity contribution in [1.29, 1.82) is 0 Å². The highest BCUT2D eigenvalue weighted by Crippen LogP contribution is 2.38. The first-order chi connectivity index (χ1) is 13.0. The summed E-state index contributed by atoms with van der Waals surface area (Å²) < 4.78 is 5.49. The highest BCUT2D eigenvalue weighted by atomic mass is 32.2. The molecule has 8 heteroatoms. The highest BCUT2D eigenvalue weighted by molar-refractivity contribution is 8.15. The van der Waals surface area contributed by atoms with E-state index in [4.69, 9.17) is 4.74 Å². The Balaban J connectivity index is 1.73. The van der Waals surface area contributed by atoms with Crippen LogP contribution in [0.5, 0.6) is 11.5 Å². The molecule has 140 valence electrons. The molecule has 1 aliphatic heterocycles. The molecule has 1 heterocycles. The second-order valence-corrected chi connectivity index (χ2v) is 6.87. The molecule has 7 nitrogen and oxygen atoms in total. The number of amides is 3. The average Bonchev–Trinajstić information content (AvgIpc) is 2.91. The van der Waals surface area contributed by atoms with Gasteiger partial charge in [0.2, 0.25) is 11.8 Å². The van der Waals surface area contributed by atoms with Gasteiger partial charge in [-0.1, -0.05) is 24.3 Å². The van der Waals surface area contributed by atoms with Crippen molar-refractivity contribution in [3.05, 3.63) is 48.5 Å². The van der Waals surface area contributed by atoms with Gasteiger partial charge in [-0.2, -0.15) is 0 Å². The second kappa shape index (κ2) is 8.13. The Kier molecular flexibility index (Phi) is 5.66. The number of imide groups is 1. The van der Waals surface area contributed by atoms with Crippen molar-refractivity contribution in [2.75, 3.05) is 16.8 Å². The third kappa shape index (κ3) is 4.06. The zero-order chi connectivity index (χ0) is 19.4. The number of anilines is 2. The minimum absolute atomic E-state index is 0.0698. The molecule has 1 aliphatic rings. The molecule has 27 heavy (non-hydrogen) atoms. The molecule has 1 saturated heterocycles. The quantitative estimate of drug-likeness (QED) is 0.739. The fourth-order valence-corrected chi connectivity index (χ4v) is 3.65. The maximum Gasteiger partial charge on any atom is 0.293 e. The summed E-state index contributed by atoms with van der Waals surface area (Å²) in [7, 11) is 0. The van der Waals surface area contributed by atoms with Crippen molar-refractivity contribution in [1.82, 2.24) is 0 Å². The van der Waals surface area contributed by atoms with Crippen LogP contribution < -0.4 is 15.0 Å². The first kappa shape index (κ1) is 18.8. The van der Waals surface area contributed by atoms with Gasteiger partial charge in [0.05, 0.1) is 18.0 Å². The number of hydrogen-bond donors (Lipinski definition) is 2. The minimum Gasteiger partial charge on any atom is -0.506 e. The first-order valence-electron chi connectivity index (χ1n) is 8.35. The van der Waals surface area contributed by atoms with Gasteiger partial charge in [-0.3, -0.25) is 14.4 Å². The smallest absolute Gasteiger partial charge is 0.293 e. The average molecular weight is 386 g/mol. The van der Waals surface area contributed by atoms with E-state index >= 15 is 0 Å². The number of carbonyl (C=O) groups is 3. The maximum absolute atomic E-state index is 12.7. The van der Waals surface area contributed by atoms with Gasteiger partial charge in [0.1, 0.15) is 16.7 Å². The molecule has 2 N–H and O–H groups in total. The van der Waals surface area contributed by atoms with E-state index in [2.05, 4.69) is 5.32 Å². The molecule has 3 rings (SSSR count). The number of benzene rings is 2. The van der Waals surface area contributed by atoms with Gasteiger partial charge in [-0.25, -0.2) is 4.90 Å². The Bertz CT molecular complexity index is 886. The van der Waals surface area contributed by atoms with Crippen LogP contribution in [-0.2, 0) is 9.59 Å². The third-order valence-corrected chi connectivity index (χ3v) is 4.91. The van der Waals surface area contributed by atoms with Gasteiger partial charge >= 0.3 is 0 Å². The van der Waals surface area contributed by atoms with E-state index in [1.807, 2.05) is 6.92 Å². The van der Waals surface area contributed by atoms with Crippen LogP contribution in [0.4, 0.5) is 16.2 Å². The van der Waals surface area contributed by atoms with Crippen LogP contribution in [0.3, 0.4) is 0 Å². The normalized spacial score (nSPS) is 16.5. The summed E-state index contributed by atoms with van der Waals surface area (Å²) in [5.74, 6) is -0.569. The molecule has 0 aliphatic carbocycles. The molecule has 0 saturated carbocycles. The molecule has 3 amide bonds. The van der Waals surface area contributed by atoms with Crippen molar-refractivity contribution in [3.63, 3.8) is 0 Å². The van der Waals surface area contributed by atoms with Gasteiger partial charge in [-0.15, -0.1) is 0 Å². The fourth-order valence-electron chi connectivity index (χ4n) is 2.67. The SMILES string of the molecule is CCOc1ccccc1N1C(=O)SC(CC(=O)Nc2ccccc2O)C1=O. The summed E-state index contributed by atoms with van der Waals surface area (Å²) in [5, 5.41) is 11.0. The third-order valence-electron chi connectivity index (χ3n) is 3.88. The Morgan fingerprint density at radius 1 is 1.19 bits per heavy atom. The first-order valence-corrected chi connectivity index (χ1v) is 9.23. The molecule has 0 bridgehead atoms. The number of phenolic OH excluding ortho intramolecular Hbond substituents is 1. The van der Waals surface area contributed by atoms with E-state index in [0.717, 1.165) is 16.7 Å². The van der Waals surface area contributed by atoms with E-state index in [1.54, 1.807) is 42.5 Å². The number of nitrogens with one attached hydrogen (secondary N) is 1. The molecular formula is C19H18N2O5S. The molecule has 2 aromatic carbocycles. The van der Waals surface area contributed by atoms with Gasteiger partial charge < -0.3 is 15.2 Å². The van der Waals surface area contributed by atoms with E-state index < -0.39 is 22.3 Å². The van der Waals surface area contributed by atoms with E-state index in [0.29, 0.717) is 18.0 Å². The predicted octanol–water partition coefficient (Wildman–Crippen LogP) is 3.39. The van der Waals surface area contributed by atoms with Crippen LogP contribution in [0.1, 0.15) is 13.3 Å². The fraction of sp³-hybridized carbons (Fsp3) is 0.211. The molecule has 1 fully saturated rings. The molecule has 0 aromatic heterocycles. The molecular weight excluding hydrogens is 368 g/mol. The Labute approximate surface area is 160 Å². The van der Waals surface area contributed by atoms with Crippen LogP contribution in [0, 0.1) is 0 Å². The lowest BCUT2D eigenvalue weighted by molar-refractivity contribution is -0.121. The lowest BCUT2D eigenvalue weighted by atomic mass is 10.2. The van der Waals surface area contributed by atoms with Gasteiger partial charge in [0.15, 0.2) is 0 Å². The summed E-state index contributed by atoms with van der Waals surface area (Å²) >= 11 is 0.805. The van der Waals surface area contributed by atoms with E-state index in [-0.39, 0.29) is 17.9 Å². The van der Waals surface area contributed by atoms with Crippen molar-refractivity contribution < 1.29 is 24.2 Å². The van der Waals surface area contributed by atoms with Gasteiger partial charge in [0, 0.05) is 6.42 Å². The number of para-hydroxylation sites is 4. The van der Waals surface area contributed by atoms with Gasteiger partial charge in [0.25, 0.3) is 5.24 Å². The number of hydrogen-bond acceptors (Lipinski definition) is 6. The van der Waals surface area contributed by atoms with Crippen LogP contribution in [0.2, 0.25) is 0 Å². The maximum atomic E-state index is 12.7. The van der Waals surface area contributed by atoms with Crippen LogP contribution in [0.25, 0.3) is 0 Å². The van der Waals surface area contributed by atoms with Gasteiger partial charge in [-0.05, 0) is 43.0 Å². The molecule has 0 spiro atoms. The second-order valence-electron chi connectivity index (χ2n) is 5.72. The monoisotopic (exact) mass is 386 g/mol. The van der Waals surface area contributed by atoms with Crippen molar-refractivity contribution in [2.24, 2.45) is 0 Å². The van der Waals surface area contributed by atoms with E-state index in [1.165, 1.54) is 6.07 Å². The summed E-state index contributed by atoms with van der Waals surface area (Å²) in [6, 6.07) is 13.1. The number of rotatable bonds is 6. The number of aromatic hydroxyl groups is 1. The largest absolute Gasteiger partial charge is 0.506 e. The zero-order valence-corrected chi connectivity index (χ0v) is 15.4. The Morgan fingerprint density at radius 2 is 1.89 bits per heavy atom. The van der Waals surface area contributed by atoms with Crippen molar-refractivity contribution in [2.45, 2.75) is 18.6 Å². The molecule has 2 aromatic rings.